The van der Waals surface area contributed by atoms with E-state index in [0.717, 1.165) is 16.0 Å². The number of nitrogens with one attached hydrogen (secondary N) is 3. The number of anilines is 4. The molecular formula is C44H43F4N11O5. The summed E-state index contributed by atoms with van der Waals surface area (Å²) in [5.74, 6) is -4.42. The van der Waals surface area contributed by atoms with Gasteiger partial charge in [0.25, 0.3) is 17.7 Å². The number of hydrogen-bond donors (Lipinski definition) is 3. The van der Waals surface area contributed by atoms with E-state index in [-0.39, 0.29) is 62.4 Å². The van der Waals surface area contributed by atoms with Crippen LogP contribution in [0.3, 0.4) is 0 Å². The molecule has 5 amide bonds. The van der Waals surface area contributed by atoms with Crippen molar-refractivity contribution in [3.05, 3.63) is 89.1 Å². The summed E-state index contributed by atoms with van der Waals surface area (Å²) >= 11 is 0. The number of fused-ring (bicyclic) bond motifs is 2. The van der Waals surface area contributed by atoms with Gasteiger partial charge in [0.1, 0.15) is 17.7 Å². The molecule has 1 spiro atoms. The number of urea groups is 1. The molecule has 5 aromatic rings. The molecule has 0 unspecified atom stereocenters. The van der Waals surface area contributed by atoms with Gasteiger partial charge in [-0.3, -0.25) is 34.5 Å². The number of pyridine rings is 1. The van der Waals surface area contributed by atoms with Crippen molar-refractivity contribution in [1.29, 1.82) is 0 Å². The molecule has 3 saturated heterocycles. The lowest BCUT2D eigenvalue weighted by atomic mass is 9.69. The summed E-state index contributed by atoms with van der Waals surface area (Å²) < 4.78 is 67.8. The van der Waals surface area contributed by atoms with Crippen LogP contribution in [0.1, 0.15) is 51.2 Å². The van der Waals surface area contributed by atoms with Gasteiger partial charge in [-0.15, -0.1) is 5.10 Å². The number of aromatic nitrogens is 4. The molecule has 332 valence electrons. The van der Waals surface area contributed by atoms with Gasteiger partial charge in [-0.25, -0.2) is 31.9 Å². The number of halogens is 4. The number of likely N-dealkylation sites (tertiary alicyclic amines) is 2. The number of hydrogen-bond acceptors (Lipinski definition) is 11. The number of rotatable bonds is 10. The maximum Gasteiger partial charge on any atom is 0.328 e. The fourth-order valence-corrected chi connectivity index (χ4v) is 9.37. The zero-order valence-corrected chi connectivity index (χ0v) is 34.8. The average molecular weight is 882 g/mol. The van der Waals surface area contributed by atoms with E-state index in [4.69, 9.17) is 9.84 Å². The maximum atomic E-state index is 16.0. The van der Waals surface area contributed by atoms with Crippen LogP contribution in [0.25, 0.3) is 16.9 Å². The van der Waals surface area contributed by atoms with Crippen molar-refractivity contribution in [3.63, 3.8) is 0 Å². The number of carbonyl (C=O) groups excluding carboxylic acids is 4. The maximum absolute atomic E-state index is 16.0. The Labute approximate surface area is 363 Å². The Hall–Kier alpha value is -6.83. The van der Waals surface area contributed by atoms with Gasteiger partial charge in [-0.05, 0) is 60.4 Å². The van der Waals surface area contributed by atoms with Gasteiger partial charge in [0, 0.05) is 88.2 Å². The van der Waals surface area contributed by atoms with E-state index in [0.29, 0.717) is 59.4 Å². The predicted octanol–water partition coefficient (Wildman–Crippen LogP) is 4.94. The van der Waals surface area contributed by atoms with Gasteiger partial charge in [0.2, 0.25) is 5.91 Å². The van der Waals surface area contributed by atoms with Crippen LogP contribution in [0, 0.1) is 11.2 Å². The first-order chi connectivity index (χ1) is 30.7. The molecule has 2 aromatic carbocycles. The van der Waals surface area contributed by atoms with E-state index in [1.165, 1.54) is 53.1 Å². The molecule has 0 radical (unpaired) electrons. The normalized spacial score (nSPS) is 21.1. The first-order valence-electron chi connectivity index (χ1n) is 21.0. The first kappa shape index (κ1) is 41.2. The lowest BCUT2D eigenvalue weighted by Gasteiger charge is -2.57. The molecule has 4 aliphatic heterocycles. The zero-order chi connectivity index (χ0) is 44.7. The first-order valence-corrected chi connectivity index (χ1v) is 21.0. The van der Waals surface area contributed by atoms with Crippen molar-refractivity contribution >= 4 is 52.3 Å². The highest BCUT2D eigenvalue weighted by molar-refractivity contribution is 6.07. The summed E-state index contributed by atoms with van der Waals surface area (Å²) in [7, 11) is 3.12. The van der Waals surface area contributed by atoms with E-state index >= 15 is 13.2 Å². The zero-order valence-electron chi connectivity index (χ0n) is 34.8. The van der Waals surface area contributed by atoms with Crippen LogP contribution in [-0.2, 0) is 17.8 Å². The fraction of sp³-hybridized carbons (Fsp3) is 0.386. The second kappa shape index (κ2) is 15.5. The van der Waals surface area contributed by atoms with Gasteiger partial charge in [-0.1, -0.05) is 6.07 Å². The minimum absolute atomic E-state index is 0.0600. The van der Waals surface area contributed by atoms with Crippen LogP contribution >= 0.6 is 0 Å². The molecule has 1 aliphatic carbocycles. The van der Waals surface area contributed by atoms with Gasteiger partial charge >= 0.3 is 6.03 Å². The van der Waals surface area contributed by atoms with E-state index in [9.17, 15) is 23.6 Å². The van der Waals surface area contributed by atoms with E-state index < -0.39 is 59.7 Å². The Morgan fingerprint density at radius 1 is 0.953 bits per heavy atom. The quantitative estimate of drug-likeness (QED) is 0.163. The lowest BCUT2D eigenvalue weighted by molar-refractivity contribution is -0.220. The Kier molecular flexibility index (Phi) is 9.95. The van der Waals surface area contributed by atoms with Crippen LogP contribution in [0.5, 0.6) is 5.75 Å². The number of nitrogens with zero attached hydrogens (tertiary/aromatic N) is 8. The summed E-state index contributed by atoms with van der Waals surface area (Å²) in [6.07, 6.45) is 2.96. The van der Waals surface area contributed by atoms with Crippen molar-refractivity contribution in [2.24, 2.45) is 5.41 Å². The van der Waals surface area contributed by atoms with Crippen molar-refractivity contribution in [2.75, 3.05) is 68.5 Å². The number of methoxy groups -OCH3 is 1. The fourth-order valence-electron chi connectivity index (χ4n) is 9.37. The summed E-state index contributed by atoms with van der Waals surface area (Å²) in [5.41, 5.74) is 3.62. The molecule has 2 atom stereocenters. The van der Waals surface area contributed by atoms with Gasteiger partial charge in [0.05, 0.1) is 48.4 Å². The number of carbonyl (C=O) groups is 4. The number of benzene rings is 2. The third-order valence-corrected chi connectivity index (χ3v) is 13.0. The summed E-state index contributed by atoms with van der Waals surface area (Å²) in [4.78, 5) is 66.1. The summed E-state index contributed by atoms with van der Waals surface area (Å²) in [6, 6.07) is 11.5. The standard InChI is InChI=1S/C44H43F4N11O5/c1-49-32-17-37(54-59-35(19-51-39(32)59)40(61)52-31-16-29(31)46)57-10-7-27-28(14-26(45)15-33(27)57)30-5-3-24(18-50-30)20-55-21-43(22-55)9-12-56(23-44(43,47)48)41(62)25-4-6-36(64-2)34(13-25)58-11-8-38(60)53-42(58)63/h3-6,13-15,17-19,29,31,49H,7-12,16,20-23H2,1-2H3,(H,52,61)(H,53,60,63)/t29-,31+/m0/s1. The average Bonchev–Trinajstić information content (AvgIpc) is 3.57. The van der Waals surface area contributed by atoms with Crippen LogP contribution in [0.2, 0.25) is 0 Å². The van der Waals surface area contributed by atoms with Crippen molar-refractivity contribution in [3.8, 4) is 17.0 Å². The molecule has 5 aliphatic rings. The van der Waals surface area contributed by atoms with Crippen LogP contribution in [0.4, 0.5) is 45.2 Å². The van der Waals surface area contributed by atoms with E-state index in [2.05, 4.69) is 25.9 Å². The largest absolute Gasteiger partial charge is 0.495 e. The Morgan fingerprint density at radius 2 is 1.75 bits per heavy atom. The van der Waals surface area contributed by atoms with Gasteiger partial charge in [-0.2, -0.15) is 0 Å². The Morgan fingerprint density at radius 3 is 2.45 bits per heavy atom. The molecule has 3 N–H and O–H groups in total. The van der Waals surface area contributed by atoms with Crippen LogP contribution in [0.15, 0.2) is 60.9 Å². The smallest absolute Gasteiger partial charge is 0.328 e. The van der Waals surface area contributed by atoms with E-state index in [1.54, 1.807) is 25.4 Å². The highest BCUT2D eigenvalue weighted by Crippen LogP contribution is 2.51. The number of amides is 5. The summed E-state index contributed by atoms with van der Waals surface area (Å²) in [5, 5.41) is 12.7. The molecule has 64 heavy (non-hydrogen) atoms. The third kappa shape index (κ3) is 7.08. The number of imide groups is 1. The van der Waals surface area contributed by atoms with Gasteiger partial charge < -0.3 is 25.2 Å². The SMILES string of the molecule is CNc1cc(N2CCc3c(-c4ccc(CN5CC6(CCN(C(=O)c7ccc(OC)c(N8CCC(=O)NC8=O)c7)CC6(F)F)C5)cn4)cc(F)cc32)nn2c(C(=O)N[C@@H]3C[C@@H]3F)cnc12. The van der Waals surface area contributed by atoms with E-state index in [1.807, 2.05) is 15.9 Å². The minimum Gasteiger partial charge on any atom is -0.495 e. The molecule has 1 saturated carbocycles. The number of piperidine rings is 1. The molecule has 4 fully saturated rings. The molecule has 16 nitrogen and oxygen atoms in total. The number of alkyl halides is 3. The molecule has 7 heterocycles. The lowest BCUT2D eigenvalue weighted by Crippen LogP contribution is -2.70. The minimum atomic E-state index is -3.17. The van der Waals surface area contributed by atoms with Gasteiger partial charge in [0.15, 0.2) is 17.2 Å². The van der Waals surface area contributed by atoms with Crippen LogP contribution in [-0.4, -0.2) is 125 Å². The monoisotopic (exact) mass is 881 g/mol. The third-order valence-electron chi connectivity index (χ3n) is 13.0. The number of ether oxygens (including phenoxy) is 1. The predicted molar refractivity (Wildman–Crippen MR) is 225 cm³/mol. The second-order valence-corrected chi connectivity index (χ2v) is 17.0. The number of imidazole rings is 1. The molecule has 20 heteroatoms. The molecule has 3 aromatic heterocycles. The molecule has 0 bridgehead atoms. The topological polar surface area (TPSA) is 170 Å². The van der Waals surface area contributed by atoms with Crippen molar-refractivity contribution in [2.45, 2.75) is 50.4 Å². The second-order valence-electron chi connectivity index (χ2n) is 17.0. The van der Waals surface area contributed by atoms with Crippen molar-refractivity contribution < 1.29 is 41.5 Å². The highest BCUT2D eigenvalue weighted by Gasteiger charge is 2.62. The van der Waals surface area contributed by atoms with Crippen molar-refractivity contribution in [1.82, 2.24) is 40.0 Å². The molecular weight excluding hydrogens is 839 g/mol. The Bertz CT molecular complexity index is 2740. The molecule has 10 rings (SSSR count). The summed E-state index contributed by atoms with van der Waals surface area (Å²) in [6.45, 7) is 0.547. The van der Waals surface area contributed by atoms with Crippen LogP contribution < -0.4 is 30.5 Å². The highest BCUT2D eigenvalue weighted by atomic mass is 19.3. The Balaban J connectivity index is 0.802.